The maximum absolute atomic E-state index is 12.8. The quantitative estimate of drug-likeness (QED) is 0.0149. The van der Waals surface area contributed by atoms with Gasteiger partial charge in [0.15, 0.2) is 6.10 Å². The zero-order valence-corrected chi connectivity index (χ0v) is 37.6. The van der Waals surface area contributed by atoms with Crippen LogP contribution in [0.15, 0.2) is 48.6 Å². The average Bonchev–Trinajstić information content (AvgIpc) is 3.23. The number of carbonyl (C=O) groups excluding carboxylic acids is 2. The molecule has 0 saturated heterocycles. The van der Waals surface area contributed by atoms with E-state index >= 15 is 0 Å². The Morgan fingerprint density at radius 2 is 0.917 bits per heavy atom. The summed E-state index contributed by atoms with van der Waals surface area (Å²) in [6.07, 6.45) is 28.9. The van der Waals surface area contributed by atoms with Gasteiger partial charge in [-0.1, -0.05) is 159 Å². The Balaban J connectivity index is 2.51. The summed E-state index contributed by atoms with van der Waals surface area (Å²) in [5.74, 6) is -1.16. The molecule has 0 spiro atoms. The van der Waals surface area contributed by atoms with E-state index in [1.165, 1.54) is 83.5 Å². The summed E-state index contributed by atoms with van der Waals surface area (Å²) in [7, 11) is -5.13. The van der Waals surface area contributed by atoms with Gasteiger partial charge >= 0.3 is 19.8 Å². The Morgan fingerprint density at radius 3 is 1.42 bits per heavy atom. The minimum Gasteiger partial charge on any atom is -0.462 e. The topological polar surface area (TPSA) is 210 Å². The molecule has 13 nitrogen and oxygen atoms in total. The van der Waals surface area contributed by atoms with Crippen LogP contribution in [-0.4, -0.2) is 98.3 Å². The molecule has 8 atom stereocenters. The van der Waals surface area contributed by atoms with Crippen LogP contribution in [0.4, 0.5) is 0 Å². The SMILES string of the molecule is CCCCC/C=C/C/C=C/C/C=C/C/C=C/CCCC(=O)O[C@H](COC(=O)CCCCCCCCCCCCCCCC)COP(=O)(O)OC1C(O)C(O)C(O)[C@@H](O)C1O. The number of rotatable bonds is 37. The molecule has 6 unspecified atom stereocenters. The monoisotopic (exact) mass is 873 g/mol. The molecule has 0 amide bonds. The predicted molar refractivity (Wildman–Crippen MR) is 235 cm³/mol. The van der Waals surface area contributed by atoms with Crippen LogP contribution in [-0.2, 0) is 32.7 Å². The summed E-state index contributed by atoms with van der Waals surface area (Å²) >= 11 is 0. The summed E-state index contributed by atoms with van der Waals surface area (Å²) < 4.78 is 33.4. The number of phosphoric acid groups is 1. The molecule has 0 aliphatic heterocycles. The summed E-state index contributed by atoms with van der Waals surface area (Å²) in [6.45, 7) is 3.22. The molecule has 14 heteroatoms. The van der Waals surface area contributed by atoms with Crippen LogP contribution < -0.4 is 0 Å². The van der Waals surface area contributed by atoms with Crippen LogP contribution >= 0.6 is 7.82 Å². The van der Waals surface area contributed by atoms with Gasteiger partial charge in [0.25, 0.3) is 0 Å². The highest BCUT2D eigenvalue weighted by Gasteiger charge is 2.51. The van der Waals surface area contributed by atoms with E-state index in [0.717, 1.165) is 44.9 Å². The van der Waals surface area contributed by atoms with Gasteiger partial charge in [0, 0.05) is 12.8 Å². The van der Waals surface area contributed by atoms with Gasteiger partial charge in [-0.05, 0) is 51.4 Å². The molecule has 1 aliphatic carbocycles. The van der Waals surface area contributed by atoms with Crippen LogP contribution in [0.2, 0.25) is 0 Å². The molecule has 1 saturated carbocycles. The van der Waals surface area contributed by atoms with Gasteiger partial charge in [-0.2, -0.15) is 0 Å². The number of allylic oxidation sites excluding steroid dienone is 8. The highest BCUT2D eigenvalue weighted by Crippen LogP contribution is 2.47. The van der Waals surface area contributed by atoms with Gasteiger partial charge in [-0.3, -0.25) is 18.6 Å². The van der Waals surface area contributed by atoms with Crippen molar-refractivity contribution >= 4 is 19.8 Å². The third-order valence-corrected chi connectivity index (χ3v) is 11.4. The molecule has 0 heterocycles. The van der Waals surface area contributed by atoms with Crippen LogP contribution in [0.3, 0.4) is 0 Å². The van der Waals surface area contributed by atoms with Crippen molar-refractivity contribution in [3.05, 3.63) is 48.6 Å². The van der Waals surface area contributed by atoms with Crippen molar-refractivity contribution in [2.45, 2.75) is 217 Å². The summed E-state index contributed by atoms with van der Waals surface area (Å²) in [5.41, 5.74) is 0. The lowest BCUT2D eigenvalue weighted by atomic mass is 9.85. The lowest BCUT2D eigenvalue weighted by Crippen LogP contribution is -2.64. The molecule has 0 aromatic rings. The molecule has 348 valence electrons. The third-order valence-electron chi connectivity index (χ3n) is 10.4. The smallest absolute Gasteiger partial charge is 0.462 e. The van der Waals surface area contributed by atoms with Crippen LogP contribution in [0.25, 0.3) is 0 Å². The maximum Gasteiger partial charge on any atom is 0.472 e. The molecule has 0 bridgehead atoms. The number of phosphoric ester groups is 1. The van der Waals surface area contributed by atoms with E-state index < -0.39 is 75.7 Å². The zero-order chi connectivity index (χ0) is 44.3. The Kier molecular flexibility index (Phi) is 33.8. The van der Waals surface area contributed by atoms with E-state index in [1.807, 2.05) is 12.2 Å². The Labute approximate surface area is 360 Å². The fraction of sp³-hybridized carbons (Fsp3) is 0.783. The van der Waals surface area contributed by atoms with Crippen molar-refractivity contribution in [1.29, 1.82) is 0 Å². The van der Waals surface area contributed by atoms with Crippen molar-refractivity contribution in [2.24, 2.45) is 0 Å². The van der Waals surface area contributed by atoms with Gasteiger partial charge in [-0.25, -0.2) is 4.57 Å². The molecule has 0 radical (unpaired) electrons. The summed E-state index contributed by atoms with van der Waals surface area (Å²) in [6, 6.07) is 0. The second-order valence-corrected chi connectivity index (χ2v) is 17.3. The first kappa shape index (κ1) is 55.8. The highest BCUT2D eigenvalue weighted by molar-refractivity contribution is 7.47. The molecule has 1 rings (SSSR count). The Bertz CT molecular complexity index is 1240. The fourth-order valence-corrected chi connectivity index (χ4v) is 7.66. The molecule has 60 heavy (non-hydrogen) atoms. The first-order valence-electron chi connectivity index (χ1n) is 22.9. The molecule has 1 aliphatic rings. The van der Waals surface area contributed by atoms with E-state index in [-0.39, 0.29) is 12.8 Å². The molecule has 0 aromatic carbocycles. The van der Waals surface area contributed by atoms with Crippen molar-refractivity contribution in [1.82, 2.24) is 0 Å². The summed E-state index contributed by atoms with van der Waals surface area (Å²) in [5, 5.41) is 50.1. The van der Waals surface area contributed by atoms with Gasteiger partial charge in [0.05, 0.1) is 6.61 Å². The number of hydrogen-bond donors (Lipinski definition) is 6. The number of aliphatic hydroxyl groups excluding tert-OH is 5. The zero-order valence-electron chi connectivity index (χ0n) is 36.7. The normalized spacial score (nSPS) is 22.6. The van der Waals surface area contributed by atoms with Gasteiger partial charge < -0.3 is 39.9 Å². The number of carbonyl (C=O) groups is 2. The van der Waals surface area contributed by atoms with Gasteiger partial charge in [0.2, 0.25) is 0 Å². The second kappa shape index (κ2) is 36.3. The van der Waals surface area contributed by atoms with Crippen molar-refractivity contribution in [3.63, 3.8) is 0 Å². The second-order valence-electron chi connectivity index (χ2n) is 15.9. The Morgan fingerprint density at radius 1 is 0.517 bits per heavy atom. The number of esters is 2. The van der Waals surface area contributed by atoms with E-state index in [9.17, 15) is 44.6 Å². The summed E-state index contributed by atoms with van der Waals surface area (Å²) in [4.78, 5) is 35.6. The molecule has 1 fully saturated rings. The van der Waals surface area contributed by atoms with Gasteiger partial charge in [-0.15, -0.1) is 0 Å². The number of aliphatic hydroxyl groups is 5. The van der Waals surface area contributed by atoms with Gasteiger partial charge in [0.1, 0.15) is 43.2 Å². The molecular formula is C46H81O13P. The van der Waals surface area contributed by atoms with E-state index in [0.29, 0.717) is 19.3 Å². The van der Waals surface area contributed by atoms with Crippen molar-refractivity contribution in [2.75, 3.05) is 13.2 Å². The van der Waals surface area contributed by atoms with E-state index in [1.54, 1.807) is 0 Å². The number of unbranched alkanes of at least 4 members (excludes halogenated alkanes) is 17. The van der Waals surface area contributed by atoms with Crippen LogP contribution in [0.1, 0.15) is 174 Å². The predicted octanol–water partition coefficient (Wildman–Crippen LogP) is 8.78. The first-order valence-corrected chi connectivity index (χ1v) is 24.4. The third kappa shape index (κ3) is 28.4. The van der Waals surface area contributed by atoms with E-state index in [2.05, 4.69) is 50.3 Å². The molecule has 0 aromatic heterocycles. The van der Waals surface area contributed by atoms with Crippen molar-refractivity contribution < 1.29 is 63.1 Å². The standard InChI is InChI=1S/C46H81O13P/c1-3-5-7-9-11-13-15-17-19-20-21-23-25-27-29-31-33-35-40(48)58-38(37-57-60(54,55)59-46-44(52)42(50)41(49)43(51)45(46)53)36-56-39(47)34-32-30-28-26-24-22-18-16-14-12-10-8-6-4-2/h11,13,17,19,21,23,27,29,38,41-46,49-53H,3-10,12,14-16,18,20,22,24-26,28,30-37H2,1-2H3,(H,54,55)/b13-11+,19-17+,23-21+,29-27+/t38-,41?,42-,43?,44?,45?,46?/m1/s1. The van der Waals surface area contributed by atoms with Crippen molar-refractivity contribution in [3.8, 4) is 0 Å². The number of ether oxygens (including phenoxy) is 2. The Hall–Kier alpha value is -2.19. The largest absolute Gasteiger partial charge is 0.472 e. The van der Waals surface area contributed by atoms with Crippen LogP contribution in [0, 0.1) is 0 Å². The number of hydrogen-bond acceptors (Lipinski definition) is 12. The lowest BCUT2D eigenvalue weighted by Gasteiger charge is -2.41. The minimum absolute atomic E-state index is 0.0212. The lowest BCUT2D eigenvalue weighted by molar-refractivity contribution is -0.220. The maximum atomic E-state index is 12.8. The average molecular weight is 873 g/mol. The minimum atomic E-state index is -5.13. The highest BCUT2D eigenvalue weighted by atomic mass is 31.2. The molecule has 6 N–H and O–H groups in total. The van der Waals surface area contributed by atoms with E-state index in [4.69, 9.17) is 18.5 Å². The van der Waals surface area contributed by atoms with Crippen LogP contribution in [0.5, 0.6) is 0 Å². The first-order chi connectivity index (χ1) is 28.9. The fourth-order valence-electron chi connectivity index (χ4n) is 6.69. The molecular weight excluding hydrogens is 791 g/mol.